The standard InChI is InChI=1S/C22H22N2O/c1-15-11-12-20(16(2)13-15)17(3)23-24-22(25)14-19-9-6-8-18-7-4-5-10-21(18)19/h4-13H,14H2,1-3H3,(H,24,25)/b23-17+. The van der Waals surface area contributed by atoms with Crippen LogP contribution in [0.2, 0.25) is 0 Å². The van der Waals surface area contributed by atoms with Crippen LogP contribution in [0.1, 0.15) is 29.2 Å². The Morgan fingerprint density at radius 2 is 1.76 bits per heavy atom. The van der Waals surface area contributed by atoms with E-state index in [1.807, 2.05) is 43.3 Å². The maximum absolute atomic E-state index is 12.3. The summed E-state index contributed by atoms with van der Waals surface area (Å²) >= 11 is 0. The molecule has 126 valence electrons. The van der Waals surface area contributed by atoms with Crippen molar-refractivity contribution in [3.63, 3.8) is 0 Å². The molecule has 3 aromatic carbocycles. The first-order valence-electron chi connectivity index (χ1n) is 8.42. The lowest BCUT2D eigenvalue weighted by Crippen LogP contribution is -2.21. The second kappa shape index (κ2) is 7.31. The predicted molar refractivity (Wildman–Crippen MR) is 104 cm³/mol. The summed E-state index contributed by atoms with van der Waals surface area (Å²) in [6.45, 7) is 6.03. The van der Waals surface area contributed by atoms with Gasteiger partial charge in [-0.15, -0.1) is 0 Å². The molecule has 0 unspecified atom stereocenters. The number of fused-ring (bicyclic) bond motifs is 1. The minimum Gasteiger partial charge on any atom is -0.273 e. The molecule has 0 bridgehead atoms. The minimum absolute atomic E-state index is 0.111. The molecule has 0 saturated carbocycles. The van der Waals surface area contributed by atoms with Gasteiger partial charge in [0.2, 0.25) is 5.91 Å². The van der Waals surface area contributed by atoms with Crippen LogP contribution < -0.4 is 5.43 Å². The van der Waals surface area contributed by atoms with E-state index in [1.54, 1.807) is 0 Å². The number of hydrogen-bond acceptors (Lipinski definition) is 2. The molecular formula is C22H22N2O. The van der Waals surface area contributed by atoms with E-state index >= 15 is 0 Å². The number of benzene rings is 3. The lowest BCUT2D eigenvalue weighted by atomic mass is 10.0. The molecule has 25 heavy (non-hydrogen) atoms. The molecule has 3 heteroatoms. The number of aryl methyl sites for hydroxylation is 2. The molecule has 3 nitrogen and oxygen atoms in total. The molecule has 0 fully saturated rings. The summed E-state index contributed by atoms with van der Waals surface area (Å²) in [4.78, 5) is 12.3. The first-order valence-corrected chi connectivity index (χ1v) is 8.42. The first-order chi connectivity index (χ1) is 12.0. The Labute approximate surface area is 148 Å². The fourth-order valence-electron chi connectivity index (χ4n) is 3.09. The molecule has 0 aliphatic rings. The SMILES string of the molecule is C/C(=N\NC(=O)Cc1cccc2ccccc12)c1ccc(C)cc1C. The van der Waals surface area contributed by atoms with Gasteiger partial charge in [0.25, 0.3) is 0 Å². The first kappa shape index (κ1) is 16.9. The quantitative estimate of drug-likeness (QED) is 0.554. The van der Waals surface area contributed by atoms with Gasteiger partial charge in [-0.25, -0.2) is 5.43 Å². The number of amides is 1. The fraction of sp³-hybridized carbons (Fsp3) is 0.182. The number of hydrogen-bond donors (Lipinski definition) is 1. The summed E-state index contributed by atoms with van der Waals surface area (Å²) in [7, 11) is 0. The number of carbonyl (C=O) groups is 1. The van der Waals surface area contributed by atoms with Crippen molar-refractivity contribution < 1.29 is 4.79 Å². The van der Waals surface area contributed by atoms with Gasteiger partial charge in [0.1, 0.15) is 0 Å². The third kappa shape index (κ3) is 3.94. The average molecular weight is 330 g/mol. The van der Waals surface area contributed by atoms with Crippen molar-refractivity contribution in [1.29, 1.82) is 0 Å². The van der Waals surface area contributed by atoms with E-state index in [4.69, 9.17) is 0 Å². The van der Waals surface area contributed by atoms with Crippen LogP contribution in [-0.4, -0.2) is 11.6 Å². The van der Waals surface area contributed by atoms with Gasteiger partial charge in [-0.3, -0.25) is 4.79 Å². The van der Waals surface area contributed by atoms with Crippen molar-refractivity contribution >= 4 is 22.4 Å². The molecule has 3 rings (SSSR count). The van der Waals surface area contributed by atoms with Crippen LogP contribution in [0, 0.1) is 13.8 Å². The number of hydrazone groups is 1. The lowest BCUT2D eigenvalue weighted by molar-refractivity contribution is -0.120. The minimum atomic E-state index is -0.111. The summed E-state index contributed by atoms with van der Waals surface area (Å²) < 4.78 is 0. The van der Waals surface area contributed by atoms with Gasteiger partial charge in [0.15, 0.2) is 0 Å². The summed E-state index contributed by atoms with van der Waals surface area (Å²) in [5.74, 6) is -0.111. The number of rotatable bonds is 4. The monoisotopic (exact) mass is 330 g/mol. The van der Waals surface area contributed by atoms with E-state index in [-0.39, 0.29) is 5.91 Å². The molecule has 0 atom stereocenters. The smallest absolute Gasteiger partial charge is 0.244 e. The number of nitrogens with one attached hydrogen (secondary N) is 1. The van der Waals surface area contributed by atoms with Crippen LogP contribution in [0.15, 0.2) is 65.8 Å². The number of nitrogens with zero attached hydrogens (tertiary/aromatic N) is 1. The average Bonchev–Trinajstić information content (AvgIpc) is 2.60. The zero-order valence-electron chi connectivity index (χ0n) is 14.8. The highest BCUT2D eigenvalue weighted by molar-refractivity contribution is 6.00. The molecule has 0 radical (unpaired) electrons. The van der Waals surface area contributed by atoms with E-state index in [2.05, 4.69) is 48.6 Å². The van der Waals surface area contributed by atoms with E-state index in [0.29, 0.717) is 6.42 Å². The summed E-state index contributed by atoms with van der Waals surface area (Å²) in [6, 6.07) is 20.3. The van der Waals surface area contributed by atoms with Crippen LogP contribution in [-0.2, 0) is 11.2 Å². The van der Waals surface area contributed by atoms with Gasteiger partial charge in [-0.05, 0) is 42.7 Å². The third-order valence-electron chi connectivity index (χ3n) is 4.35. The Morgan fingerprint density at radius 3 is 2.56 bits per heavy atom. The summed E-state index contributed by atoms with van der Waals surface area (Å²) in [5, 5.41) is 6.53. The van der Waals surface area contributed by atoms with E-state index in [1.165, 1.54) is 5.56 Å². The Morgan fingerprint density at radius 1 is 1.00 bits per heavy atom. The van der Waals surface area contributed by atoms with Crippen LogP contribution >= 0.6 is 0 Å². The topological polar surface area (TPSA) is 41.5 Å². The maximum atomic E-state index is 12.3. The van der Waals surface area contributed by atoms with Gasteiger partial charge in [0, 0.05) is 5.56 Å². The molecule has 0 aliphatic heterocycles. The van der Waals surface area contributed by atoms with Crippen molar-refractivity contribution in [2.75, 3.05) is 0 Å². The second-order valence-corrected chi connectivity index (χ2v) is 6.37. The fourth-order valence-corrected chi connectivity index (χ4v) is 3.09. The molecule has 3 aromatic rings. The Kier molecular flexibility index (Phi) is 4.94. The van der Waals surface area contributed by atoms with Crippen LogP contribution in [0.4, 0.5) is 0 Å². The molecule has 0 spiro atoms. The van der Waals surface area contributed by atoms with Crippen molar-refractivity contribution in [1.82, 2.24) is 5.43 Å². The summed E-state index contributed by atoms with van der Waals surface area (Å²) in [6.07, 6.45) is 0.311. The highest BCUT2D eigenvalue weighted by atomic mass is 16.2. The molecule has 0 aliphatic carbocycles. The number of carbonyl (C=O) groups excluding carboxylic acids is 1. The highest BCUT2D eigenvalue weighted by Crippen LogP contribution is 2.19. The van der Waals surface area contributed by atoms with E-state index < -0.39 is 0 Å². The Balaban J connectivity index is 1.74. The third-order valence-corrected chi connectivity index (χ3v) is 4.35. The zero-order valence-corrected chi connectivity index (χ0v) is 14.8. The zero-order chi connectivity index (χ0) is 17.8. The lowest BCUT2D eigenvalue weighted by Gasteiger charge is -2.08. The van der Waals surface area contributed by atoms with Crippen molar-refractivity contribution in [2.45, 2.75) is 27.2 Å². The van der Waals surface area contributed by atoms with Crippen molar-refractivity contribution in [3.8, 4) is 0 Å². The molecule has 1 amide bonds. The molecule has 1 N–H and O–H groups in total. The second-order valence-electron chi connectivity index (χ2n) is 6.37. The van der Waals surface area contributed by atoms with E-state index in [9.17, 15) is 4.79 Å². The molecule has 0 heterocycles. The van der Waals surface area contributed by atoms with Gasteiger partial charge < -0.3 is 0 Å². The largest absolute Gasteiger partial charge is 0.273 e. The van der Waals surface area contributed by atoms with Crippen molar-refractivity contribution in [3.05, 3.63) is 82.9 Å². The Hall–Kier alpha value is -2.94. The Bertz CT molecular complexity index is 952. The normalized spacial score (nSPS) is 11.6. The predicted octanol–water partition coefficient (Wildman–Crippen LogP) is 4.54. The van der Waals surface area contributed by atoms with Gasteiger partial charge in [-0.2, -0.15) is 5.10 Å². The maximum Gasteiger partial charge on any atom is 0.244 e. The van der Waals surface area contributed by atoms with Gasteiger partial charge in [-0.1, -0.05) is 66.2 Å². The van der Waals surface area contributed by atoms with Crippen LogP contribution in [0.3, 0.4) is 0 Å². The summed E-state index contributed by atoms with van der Waals surface area (Å²) in [5.41, 5.74) is 7.93. The van der Waals surface area contributed by atoms with Crippen LogP contribution in [0.5, 0.6) is 0 Å². The molecular weight excluding hydrogens is 308 g/mol. The molecule has 0 saturated heterocycles. The van der Waals surface area contributed by atoms with Gasteiger partial charge >= 0.3 is 0 Å². The van der Waals surface area contributed by atoms with Gasteiger partial charge in [0.05, 0.1) is 12.1 Å². The van der Waals surface area contributed by atoms with Crippen molar-refractivity contribution in [2.24, 2.45) is 5.10 Å². The highest BCUT2D eigenvalue weighted by Gasteiger charge is 2.07. The molecule has 0 aromatic heterocycles. The van der Waals surface area contributed by atoms with Crippen LogP contribution in [0.25, 0.3) is 10.8 Å². The van der Waals surface area contributed by atoms with E-state index in [0.717, 1.165) is 33.2 Å².